The van der Waals surface area contributed by atoms with Gasteiger partial charge in [0.05, 0.1) is 11.1 Å². The molecule has 4 heteroatoms. The average Bonchev–Trinajstić information content (AvgIpc) is 2.94. The molecule has 1 heterocycles. The normalized spacial score (nSPS) is 31.2. The number of carbonyl (C=O) groups excluding carboxylic acids is 2. The van der Waals surface area contributed by atoms with Crippen LogP contribution >= 0.6 is 0 Å². The molecule has 4 bridgehead atoms. The standard InChI is InChI=1S/C26H34O4/c1-16-8-6-10-17(2)12-14-19-22(27)24(29)21-20(15-13-18(3)11-7-9-16)26(4,5)30-25(21)23(19)28/h8,11-12,20,27H,6-7,9-10,13-15H2,1-5H3/b16-8+,17-12+,18-11+/t20-/m1/s1. The number of aliphatic hydroxyl groups is 1. The first kappa shape index (κ1) is 22.3. The molecule has 3 aliphatic carbocycles. The van der Waals surface area contributed by atoms with Crippen molar-refractivity contribution in [2.24, 2.45) is 5.92 Å². The van der Waals surface area contributed by atoms with E-state index in [9.17, 15) is 14.7 Å². The summed E-state index contributed by atoms with van der Waals surface area (Å²) in [7, 11) is 0. The molecular formula is C26H34O4. The zero-order valence-electron chi connectivity index (χ0n) is 18.9. The van der Waals surface area contributed by atoms with Crippen molar-refractivity contribution in [3.63, 3.8) is 0 Å². The van der Waals surface area contributed by atoms with Gasteiger partial charge in [0.25, 0.3) is 0 Å². The third kappa shape index (κ3) is 4.53. The summed E-state index contributed by atoms with van der Waals surface area (Å²) in [6, 6.07) is 0. The van der Waals surface area contributed by atoms with E-state index in [2.05, 4.69) is 26.0 Å². The molecule has 0 spiro atoms. The van der Waals surface area contributed by atoms with Gasteiger partial charge < -0.3 is 9.84 Å². The average molecular weight is 411 g/mol. The molecular weight excluding hydrogens is 376 g/mol. The smallest absolute Gasteiger partial charge is 0.228 e. The second-order valence-corrected chi connectivity index (χ2v) is 9.46. The summed E-state index contributed by atoms with van der Waals surface area (Å²) in [5.41, 5.74) is 3.68. The summed E-state index contributed by atoms with van der Waals surface area (Å²) in [6.45, 7) is 10.2. The monoisotopic (exact) mass is 410 g/mol. The molecule has 1 N–H and O–H groups in total. The molecule has 0 saturated carbocycles. The van der Waals surface area contributed by atoms with E-state index in [1.807, 2.05) is 26.8 Å². The Morgan fingerprint density at radius 1 is 0.900 bits per heavy atom. The van der Waals surface area contributed by atoms with Crippen molar-refractivity contribution in [3.05, 3.63) is 57.6 Å². The molecule has 1 atom stereocenters. The van der Waals surface area contributed by atoms with E-state index in [4.69, 9.17) is 4.74 Å². The van der Waals surface area contributed by atoms with Crippen molar-refractivity contribution < 1.29 is 19.4 Å². The van der Waals surface area contributed by atoms with Crippen LogP contribution in [0.4, 0.5) is 0 Å². The van der Waals surface area contributed by atoms with Gasteiger partial charge in [-0.05, 0) is 79.6 Å². The van der Waals surface area contributed by atoms with Crippen LogP contribution in [0.25, 0.3) is 0 Å². The summed E-state index contributed by atoms with van der Waals surface area (Å²) < 4.78 is 6.03. The molecule has 1 aliphatic heterocycles. The van der Waals surface area contributed by atoms with Crippen LogP contribution in [0.15, 0.2) is 57.6 Å². The lowest BCUT2D eigenvalue weighted by Crippen LogP contribution is -2.31. The lowest BCUT2D eigenvalue weighted by Gasteiger charge is -2.27. The number of ketones is 2. The fourth-order valence-corrected chi connectivity index (χ4v) is 4.56. The van der Waals surface area contributed by atoms with Crippen molar-refractivity contribution in [2.45, 2.75) is 85.2 Å². The van der Waals surface area contributed by atoms with Crippen LogP contribution in [0.2, 0.25) is 0 Å². The lowest BCUT2D eigenvalue weighted by atomic mass is 9.77. The van der Waals surface area contributed by atoms with Gasteiger partial charge in [0.1, 0.15) is 5.60 Å². The Bertz CT molecular complexity index is 905. The van der Waals surface area contributed by atoms with Gasteiger partial charge in [-0.3, -0.25) is 9.59 Å². The summed E-state index contributed by atoms with van der Waals surface area (Å²) in [5.74, 6) is -1.25. The highest BCUT2D eigenvalue weighted by Crippen LogP contribution is 2.46. The van der Waals surface area contributed by atoms with Crippen LogP contribution in [0.3, 0.4) is 0 Å². The van der Waals surface area contributed by atoms with Gasteiger partial charge in [0.15, 0.2) is 11.5 Å². The first-order valence-corrected chi connectivity index (χ1v) is 11.0. The van der Waals surface area contributed by atoms with Crippen molar-refractivity contribution in [1.29, 1.82) is 0 Å². The third-order valence-electron chi connectivity index (χ3n) is 6.57. The number of Topliss-reactive ketones (excluding diaryl/α,β-unsaturated/α-hetero) is 2. The lowest BCUT2D eigenvalue weighted by molar-refractivity contribution is -0.120. The van der Waals surface area contributed by atoms with Crippen LogP contribution in [-0.4, -0.2) is 22.3 Å². The van der Waals surface area contributed by atoms with Gasteiger partial charge in [-0.2, -0.15) is 0 Å². The molecule has 0 radical (unpaired) electrons. The molecule has 0 saturated heterocycles. The maximum Gasteiger partial charge on any atom is 0.228 e. The Labute approximate surface area is 180 Å². The number of carbonyl (C=O) groups is 2. The number of rotatable bonds is 0. The fraction of sp³-hybridized carbons (Fsp3) is 0.538. The van der Waals surface area contributed by atoms with Crippen LogP contribution in [0.5, 0.6) is 0 Å². The van der Waals surface area contributed by atoms with E-state index in [1.54, 1.807) is 0 Å². The van der Waals surface area contributed by atoms with Crippen LogP contribution < -0.4 is 0 Å². The summed E-state index contributed by atoms with van der Waals surface area (Å²) >= 11 is 0. The minimum atomic E-state index is -0.653. The quantitative estimate of drug-likeness (QED) is 0.381. The number of hydrogen-bond donors (Lipinski definition) is 1. The molecule has 4 nitrogen and oxygen atoms in total. The van der Waals surface area contributed by atoms with Crippen LogP contribution in [0, 0.1) is 5.92 Å². The van der Waals surface area contributed by atoms with Gasteiger partial charge in [0.2, 0.25) is 11.6 Å². The fourth-order valence-electron chi connectivity index (χ4n) is 4.56. The molecule has 0 aromatic heterocycles. The van der Waals surface area contributed by atoms with Crippen molar-refractivity contribution in [3.8, 4) is 0 Å². The molecule has 0 unspecified atom stereocenters. The largest absolute Gasteiger partial charge is 0.504 e. The molecule has 30 heavy (non-hydrogen) atoms. The number of fused-ring (bicyclic) bond motifs is 10. The molecule has 0 amide bonds. The Balaban J connectivity index is 1.98. The maximum atomic E-state index is 13.1. The summed E-state index contributed by atoms with van der Waals surface area (Å²) in [5, 5.41) is 10.6. The van der Waals surface area contributed by atoms with Gasteiger partial charge >= 0.3 is 0 Å². The number of aliphatic hydroxyl groups excluding tert-OH is 1. The second-order valence-electron chi connectivity index (χ2n) is 9.46. The predicted octanol–water partition coefficient (Wildman–Crippen LogP) is 6.21. The molecule has 4 rings (SSSR count). The number of ether oxygens (including phenoxy) is 1. The first-order chi connectivity index (χ1) is 14.1. The molecule has 4 aliphatic rings. The Morgan fingerprint density at radius 2 is 1.47 bits per heavy atom. The highest BCUT2D eigenvalue weighted by molar-refractivity contribution is 6.24. The zero-order chi connectivity index (χ0) is 22.1. The van der Waals surface area contributed by atoms with Crippen molar-refractivity contribution in [2.75, 3.05) is 0 Å². The van der Waals surface area contributed by atoms with Gasteiger partial charge in [-0.1, -0.05) is 34.9 Å². The van der Waals surface area contributed by atoms with Crippen molar-refractivity contribution in [1.82, 2.24) is 0 Å². The minimum Gasteiger partial charge on any atom is -0.504 e. The predicted molar refractivity (Wildman–Crippen MR) is 119 cm³/mol. The maximum absolute atomic E-state index is 13.1. The molecule has 0 aromatic rings. The Kier molecular flexibility index (Phi) is 6.54. The van der Waals surface area contributed by atoms with E-state index in [0.29, 0.717) is 12.0 Å². The topological polar surface area (TPSA) is 63.6 Å². The van der Waals surface area contributed by atoms with Gasteiger partial charge in [-0.15, -0.1) is 0 Å². The zero-order valence-corrected chi connectivity index (χ0v) is 18.9. The summed E-state index contributed by atoms with van der Waals surface area (Å²) in [6.07, 6.45) is 12.2. The van der Waals surface area contributed by atoms with Gasteiger partial charge in [-0.25, -0.2) is 0 Å². The van der Waals surface area contributed by atoms with E-state index in [1.165, 1.54) is 11.1 Å². The van der Waals surface area contributed by atoms with Crippen LogP contribution in [0.1, 0.15) is 79.6 Å². The first-order valence-electron chi connectivity index (χ1n) is 11.0. The van der Waals surface area contributed by atoms with E-state index in [-0.39, 0.29) is 29.5 Å². The minimum absolute atomic E-state index is 0.148. The third-order valence-corrected chi connectivity index (χ3v) is 6.57. The van der Waals surface area contributed by atoms with Crippen molar-refractivity contribution >= 4 is 11.6 Å². The van der Waals surface area contributed by atoms with Gasteiger partial charge in [0, 0.05) is 5.92 Å². The number of allylic oxidation sites excluding steroid dienone is 8. The number of hydrogen-bond acceptors (Lipinski definition) is 4. The highest BCUT2D eigenvalue weighted by atomic mass is 16.5. The summed E-state index contributed by atoms with van der Waals surface area (Å²) in [4.78, 5) is 26.2. The van der Waals surface area contributed by atoms with E-state index in [0.717, 1.165) is 37.7 Å². The highest BCUT2D eigenvalue weighted by Gasteiger charge is 2.51. The molecule has 162 valence electrons. The Morgan fingerprint density at radius 3 is 2.10 bits per heavy atom. The SMILES string of the molecule is C/C1=C\CC/C(C)=C/CC2=C(O)C(=O)C3=C(OC(C)(C)[C@@H]3CC/C(C)=C/CC1)C2=O. The van der Waals surface area contributed by atoms with E-state index < -0.39 is 17.1 Å². The Hall–Kier alpha value is -2.36. The van der Waals surface area contributed by atoms with E-state index >= 15 is 0 Å². The second kappa shape index (κ2) is 8.79. The molecule has 0 fully saturated rings. The molecule has 0 aromatic carbocycles. The van der Waals surface area contributed by atoms with Crippen LogP contribution in [-0.2, 0) is 14.3 Å².